The number of nitrogens with one attached hydrogen (secondary N) is 1. The Morgan fingerprint density at radius 3 is 2.50 bits per heavy atom. The number of carboxylic acids is 1. The molecule has 1 fully saturated rings. The summed E-state index contributed by atoms with van der Waals surface area (Å²) in [5.41, 5.74) is 0. The van der Waals surface area contributed by atoms with Gasteiger partial charge in [-0.1, -0.05) is 31.8 Å². The molecule has 0 aliphatic heterocycles. The van der Waals surface area contributed by atoms with Gasteiger partial charge >= 0.3 is 5.97 Å². The zero-order valence-electron chi connectivity index (χ0n) is 10.9. The predicted octanol–water partition coefficient (Wildman–Crippen LogP) is 2.49. The van der Waals surface area contributed by atoms with Crippen LogP contribution < -0.4 is 5.32 Å². The maximum Gasteiger partial charge on any atom is 0.308 e. The third-order valence-electron chi connectivity index (χ3n) is 3.51. The van der Waals surface area contributed by atoms with Crippen LogP contribution in [0.4, 0.5) is 0 Å². The summed E-state index contributed by atoms with van der Waals surface area (Å²) in [7, 11) is 0. The van der Waals surface area contributed by atoms with E-state index in [1.807, 2.05) is 0 Å². The summed E-state index contributed by atoms with van der Waals surface area (Å²) in [5.74, 6) is -1.28. The number of amides is 1. The Labute approximate surface area is 108 Å². The molecule has 4 heteroatoms. The lowest BCUT2D eigenvalue weighted by Crippen LogP contribution is -2.43. The van der Waals surface area contributed by atoms with Gasteiger partial charge < -0.3 is 10.4 Å². The van der Waals surface area contributed by atoms with Gasteiger partial charge in [0.15, 0.2) is 0 Å². The number of carboxylic acid groups (broad SMARTS) is 1. The predicted molar refractivity (Wildman–Crippen MR) is 70.2 cm³/mol. The molecule has 0 radical (unpaired) electrons. The SMILES string of the molecule is C=CCCC(=O)NC1CCCCCCC1C(=O)O. The van der Waals surface area contributed by atoms with Crippen LogP contribution in [0.5, 0.6) is 0 Å². The van der Waals surface area contributed by atoms with Crippen molar-refractivity contribution in [2.45, 2.75) is 57.4 Å². The van der Waals surface area contributed by atoms with Crippen LogP contribution in [-0.4, -0.2) is 23.0 Å². The molecule has 1 amide bonds. The second-order valence-electron chi connectivity index (χ2n) is 4.94. The summed E-state index contributed by atoms with van der Waals surface area (Å²) >= 11 is 0. The van der Waals surface area contributed by atoms with E-state index >= 15 is 0 Å². The molecule has 1 aliphatic carbocycles. The summed E-state index contributed by atoms with van der Waals surface area (Å²) in [6.07, 6.45) is 8.34. The fourth-order valence-electron chi connectivity index (χ4n) is 2.46. The Balaban J connectivity index is 2.57. The highest BCUT2D eigenvalue weighted by molar-refractivity contribution is 5.78. The third kappa shape index (κ3) is 4.90. The molecule has 1 rings (SSSR count). The molecule has 0 spiro atoms. The zero-order valence-corrected chi connectivity index (χ0v) is 10.9. The Bertz CT molecular complexity index is 301. The standard InChI is InChI=1S/C14H23NO3/c1-2-3-10-13(16)15-12-9-7-5-4-6-8-11(12)14(17)18/h2,11-12H,1,3-10H2,(H,15,16)(H,17,18). The van der Waals surface area contributed by atoms with Gasteiger partial charge in [0.25, 0.3) is 0 Å². The van der Waals surface area contributed by atoms with E-state index in [1.54, 1.807) is 6.08 Å². The van der Waals surface area contributed by atoms with Crippen LogP contribution in [0.25, 0.3) is 0 Å². The molecule has 0 bridgehead atoms. The van der Waals surface area contributed by atoms with Gasteiger partial charge in [-0.2, -0.15) is 0 Å². The van der Waals surface area contributed by atoms with Gasteiger partial charge in [0.05, 0.1) is 5.92 Å². The van der Waals surface area contributed by atoms with E-state index in [2.05, 4.69) is 11.9 Å². The van der Waals surface area contributed by atoms with E-state index in [9.17, 15) is 14.7 Å². The minimum atomic E-state index is -0.786. The molecule has 4 nitrogen and oxygen atoms in total. The molecule has 0 aromatic carbocycles. The average molecular weight is 253 g/mol. The average Bonchev–Trinajstić information content (AvgIpc) is 2.29. The first-order valence-electron chi connectivity index (χ1n) is 6.78. The Morgan fingerprint density at radius 2 is 1.89 bits per heavy atom. The molecule has 18 heavy (non-hydrogen) atoms. The molecule has 2 atom stereocenters. The molecule has 0 saturated heterocycles. The maximum atomic E-state index is 11.7. The molecule has 0 aromatic heterocycles. The van der Waals surface area contributed by atoms with Crippen molar-refractivity contribution in [1.82, 2.24) is 5.32 Å². The van der Waals surface area contributed by atoms with Crippen LogP contribution in [-0.2, 0) is 9.59 Å². The first-order valence-corrected chi connectivity index (χ1v) is 6.78. The molecule has 1 aliphatic rings. The number of allylic oxidation sites excluding steroid dienone is 1. The van der Waals surface area contributed by atoms with Crippen molar-refractivity contribution in [3.63, 3.8) is 0 Å². The lowest BCUT2D eigenvalue weighted by Gasteiger charge is -2.27. The lowest BCUT2D eigenvalue weighted by molar-refractivity contribution is -0.143. The Morgan fingerprint density at radius 1 is 1.22 bits per heavy atom. The molecule has 2 N–H and O–H groups in total. The van der Waals surface area contributed by atoms with Gasteiger partial charge in [-0.05, 0) is 19.3 Å². The number of aliphatic carboxylic acids is 1. The summed E-state index contributed by atoms with van der Waals surface area (Å²) in [6.45, 7) is 3.58. The molecule has 1 saturated carbocycles. The highest BCUT2D eigenvalue weighted by atomic mass is 16.4. The van der Waals surface area contributed by atoms with E-state index < -0.39 is 11.9 Å². The van der Waals surface area contributed by atoms with Gasteiger partial charge in [-0.25, -0.2) is 0 Å². The molecule has 102 valence electrons. The second-order valence-corrected chi connectivity index (χ2v) is 4.94. The van der Waals surface area contributed by atoms with Crippen molar-refractivity contribution in [2.75, 3.05) is 0 Å². The largest absolute Gasteiger partial charge is 0.481 e. The van der Waals surface area contributed by atoms with E-state index in [0.717, 1.165) is 32.1 Å². The molecule has 2 unspecified atom stereocenters. The van der Waals surface area contributed by atoms with Gasteiger partial charge in [0.1, 0.15) is 0 Å². The summed E-state index contributed by atoms with van der Waals surface area (Å²) in [5, 5.41) is 12.1. The first-order chi connectivity index (χ1) is 8.65. The van der Waals surface area contributed by atoms with Gasteiger partial charge in [0, 0.05) is 12.5 Å². The van der Waals surface area contributed by atoms with Crippen molar-refractivity contribution in [1.29, 1.82) is 0 Å². The van der Waals surface area contributed by atoms with Crippen LogP contribution in [0.2, 0.25) is 0 Å². The normalized spacial score (nSPS) is 24.7. The first kappa shape index (κ1) is 14.7. The molecular weight excluding hydrogens is 230 g/mol. The van der Waals surface area contributed by atoms with E-state index in [-0.39, 0.29) is 11.9 Å². The smallest absolute Gasteiger partial charge is 0.308 e. The minimum Gasteiger partial charge on any atom is -0.481 e. The van der Waals surface area contributed by atoms with Gasteiger partial charge in [-0.15, -0.1) is 6.58 Å². The molecule has 0 heterocycles. The minimum absolute atomic E-state index is 0.0632. The highest BCUT2D eigenvalue weighted by Gasteiger charge is 2.29. The van der Waals surface area contributed by atoms with E-state index in [0.29, 0.717) is 19.3 Å². The van der Waals surface area contributed by atoms with Gasteiger partial charge in [-0.3, -0.25) is 9.59 Å². The van der Waals surface area contributed by atoms with Crippen LogP contribution in [0.15, 0.2) is 12.7 Å². The number of hydrogen-bond acceptors (Lipinski definition) is 2. The summed E-state index contributed by atoms with van der Waals surface area (Å²) in [6, 6.07) is -0.208. The lowest BCUT2D eigenvalue weighted by atomic mass is 9.86. The summed E-state index contributed by atoms with van der Waals surface area (Å²) in [4.78, 5) is 22.9. The second kappa shape index (κ2) is 7.90. The van der Waals surface area contributed by atoms with Crippen LogP contribution in [0.3, 0.4) is 0 Å². The fraction of sp³-hybridized carbons (Fsp3) is 0.714. The van der Waals surface area contributed by atoms with Crippen molar-refractivity contribution >= 4 is 11.9 Å². The molecule has 0 aromatic rings. The number of hydrogen-bond donors (Lipinski definition) is 2. The van der Waals surface area contributed by atoms with Crippen LogP contribution >= 0.6 is 0 Å². The third-order valence-corrected chi connectivity index (χ3v) is 3.51. The van der Waals surface area contributed by atoms with Gasteiger partial charge in [0.2, 0.25) is 5.91 Å². The Hall–Kier alpha value is -1.32. The fourth-order valence-corrected chi connectivity index (χ4v) is 2.46. The highest BCUT2D eigenvalue weighted by Crippen LogP contribution is 2.23. The number of carbonyl (C=O) groups is 2. The summed E-state index contributed by atoms with van der Waals surface area (Å²) < 4.78 is 0. The number of carbonyl (C=O) groups excluding carboxylic acids is 1. The Kier molecular flexibility index (Phi) is 6.47. The van der Waals surface area contributed by atoms with Crippen LogP contribution in [0.1, 0.15) is 51.4 Å². The van der Waals surface area contributed by atoms with Crippen LogP contribution in [0, 0.1) is 5.92 Å². The van der Waals surface area contributed by atoms with Crippen molar-refractivity contribution in [3.05, 3.63) is 12.7 Å². The topological polar surface area (TPSA) is 66.4 Å². The van der Waals surface area contributed by atoms with E-state index in [4.69, 9.17) is 0 Å². The van der Waals surface area contributed by atoms with E-state index in [1.165, 1.54) is 0 Å². The van der Waals surface area contributed by atoms with Crippen molar-refractivity contribution in [3.8, 4) is 0 Å². The zero-order chi connectivity index (χ0) is 13.4. The quantitative estimate of drug-likeness (QED) is 0.740. The van der Waals surface area contributed by atoms with Crippen molar-refractivity contribution < 1.29 is 14.7 Å². The molecular formula is C14H23NO3. The number of rotatable bonds is 5. The monoisotopic (exact) mass is 253 g/mol. The maximum absolute atomic E-state index is 11.7. The van der Waals surface area contributed by atoms with Crippen molar-refractivity contribution in [2.24, 2.45) is 5.92 Å².